The van der Waals surface area contributed by atoms with Gasteiger partial charge in [-0.1, -0.05) is 13.0 Å². The lowest BCUT2D eigenvalue weighted by Gasteiger charge is -2.32. The molecule has 3 rings (SSSR count). The SMILES string of the molecule is CCC1CN(C)CCCN1c1ncccc1CNC1CC1. The minimum atomic E-state index is 0.576. The minimum absolute atomic E-state index is 0.576. The van der Waals surface area contributed by atoms with Crippen LogP contribution in [0, 0.1) is 0 Å². The average Bonchev–Trinajstić information content (AvgIpc) is 3.33. The molecule has 0 radical (unpaired) electrons. The van der Waals surface area contributed by atoms with Crippen molar-refractivity contribution in [1.29, 1.82) is 0 Å². The van der Waals surface area contributed by atoms with Crippen LogP contribution in [0.5, 0.6) is 0 Å². The van der Waals surface area contributed by atoms with E-state index in [1.807, 2.05) is 6.20 Å². The summed E-state index contributed by atoms with van der Waals surface area (Å²) in [6.45, 7) is 6.70. The smallest absolute Gasteiger partial charge is 0.133 e. The van der Waals surface area contributed by atoms with E-state index in [-0.39, 0.29) is 0 Å². The highest BCUT2D eigenvalue weighted by Crippen LogP contribution is 2.25. The summed E-state index contributed by atoms with van der Waals surface area (Å²) in [5.74, 6) is 1.20. The van der Waals surface area contributed by atoms with E-state index in [4.69, 9.17) is 4.98 Å². The summed E-state index contributed by atoms with van der Waals surface area (Å²) < 4.78 is 0. The highest BCUT2D eigenvalue weighted by Gasteiger charge is 2.26. The Labute approximate surface area is 128 Å². The van der Waals surface area contributed by atoms with E-state index >= 15 is 0 Å². The molecule has 1 N–H and O–H groups in total. The van der Waals surface area contributed by atoms with Crippen LogP contribution in [0.25, 0.3) is 0 Å². The molecule has 1 aliphatic heterocycles. The molecule has 2 aliphatic rings. The number of hydrogen-bond donors (Lipinski definition) is 1. The highest BCUT2D eigenvalue weighted by molar-refractivity contribution is 5.48. The van der Waals surface area contributed by atoms with Gasteiger partial charge in [0.25, 0.3) is 0 Å². The van der Waals surface area contributed by atoms with Gasteiger partial charge in [-0.2, -0.15) is 0 Å². The summed E-state index contributed by atoms with van der Waals surface area (Å²) in [6.07, 6.45) is 7.01. The van der Waals surface area contributed by atoms with Crippen LogP contribution < -0.4 is 10.2 Å². The fourth-order valence-corrected chi connectivity index (χ4v) is 3.24. The number of nitrogens with zero attached hydrogens (tertiary/aromatic N) is 3. The van der Waals surface area contributed by atoms with Gasteiger partial charge in [0.15, 0.2) is 0 Å². The van der Waals surface area contributed by atoms with Gasteiger partial charge in [0.05, 0.1) is 0 Å². The van der Waals surface area contributed by atoms with Crippen molar-refractivity contribution in [3.63, 3.8) is 0 Å². The molecule has 1 saturated heterocycles. The number of likely N-dealkylation sites (N-methyl/N-ethyl adjacent to an activating group) is 1. The van der Waals surface area contributed by atoms with E-state index < -0.39 is 0 Å². The fourth-order valence-electron chi connectivity index (χ4n) is 3.24. The number of nitrogens with one attached hydrogen (secondary N) is 1. The second kappa shape index (κ2) is 6.75. The molecule has 0 aromatic carbocycles. The van der Waals surface area contributed by atoms with Crippen LogP contribution in [0.2, 0.25) is 0 Å². The average molecular weight is 288 g/mol. The molecule has 1 saturated carbocycles. The highest BCUT2D eigenvalue weighted by atomic mass is 15.3. The molecule has 1 atom stereocenters. The zero-order valence-corrected chi connectivity index (χ0v) is 13.4. The van der Waals surface area contributed by atoms with Crippen molar-refractivity contribution in [3.05, 3.63) is 23.9 Å². The van der Waals surface area contributed by atoms with Crippen molar-refractivity contribution in [2.45, 2.75) is 51.2 Å². The molecule has 4 heteroatoms. The zero-order chi connectivity index (χ0) is 14.7. The molecule has 1 aromatic rings. The van der Waals surface area contributed by atoms with E-state index in [0.717, 1.165) is 25.7 Å². The summed E-state index contributed by atoms with van der Waals surface area (Å²) in [6, 6.07) is 5.62. The summed E-state index contributed by atoms with van der Waals surface area (Å²) >= 11 is 0. The summed E-state index contributed by atoms with van der Waals surface area (Å²) in [5, 5.41) is 3.63. The van der Waals surface area contributed by atoms with Crippen molar-refractivity contribution in [3.8, 4) is 0 Å². The maximum atomic E-state index is 4.73. The molecule has 116 valence electrons. The lowest BCUT2D eigenvalue weighted by atomic mass is 10.1. The first-order chi connectivity index (χ1) is 10.3. The molecule has 0 spiro atoms. The molecule has 4 nitrogen and oxygen atoms in total. The standard InChI is InChI=1S/C17H28N4/c1-3-16-13-20(2)10-5-11-21(16)17-14(6-4-9-18-17)12-19-15-7-8-15/h4,6,9,15-16,19H,3,5,7-8,10-13H2,1-2H3. The second-order valence-electron chi connectivity index (χ2n) is 6.51. The van der Waals surface area contributed by atoms with Crippen LogP contribution in [-0.2, 0) is 6.54 Å². The van der Waals surface area contributed by atoms with Crippen LogP contribution in [0.3, 0.4) is 0 Å². The van der Waals surface area contributed by atoms with Crippen molar-refractivity contribution >= 4 is 5.82 Å². The van der Waals surface area contributed by atoms with Crippen molar-refractivity contribution in [2.24, 2.45) is 0 Å². The third-order valence-electron chi connectivity index (χ3n) is 4.67. The van der Waals surface area contributed by atoms with Gasteiger partial charge in [0.2, 0.25) is 0 Å². The zero-order valence-electron chi connectivity index (χ0n) is 13.4. The predicted molar refractivity (Wildman–Crippen MR) is 87.6 cm³/mol. The molecule has 2 fully saturated rings. The van der Waals surface area contributed by atoms with Crippen molar-refractivity contribution in [1.82, 2.24) is 15.2 Å². The molecule has 21 heavy (non-hydrogen) atoms. The largest absolute Gasteiger partial charge is 0.352 e. The Balaban J connectivity index is 1.79. The Morgan fingerprint density at radius 2 is 2.19 bits per heavy atom. The number of hydrogen-bond acceptors (Lipinski definition) is 4. The van der Waals surface area contributed by atoms with Crippen LogP contribution in [0.1, 0.15) is 38.2 Å². The van der Waals surface area contributed by atoms with Gasteiger partial charge in [-0.25, -0.2) is 4.98 Å². The Hall–Kier alpha value is -1.13. The monoisotopic (exact) mass is 288 g/mol. The number of aromatic nitrogens is 1. The summed E-state index contributed by atoms with van der Waals surface area (Å²) in [7, 11) is 2.24. The van der Waals surface area contributed by atoms with Crippen LogP contribution >= 0.6 is 0 Å². The van der Waals surface area contributed by atoms with Gasteiger partial charge in [0.1, 0.15) is 5.82 Å². The fraction of sp³-hybridized carbons (Fsp3) is 0.706. The first kappa shape index (κ1) is 14.8. The third-order valence-corrected chi connectivity index (χ3v) is 4.67. The normalized spacial score (nSPS) is 24.1. The van der Waals surface area contributed by atoms with Crippen LogP contribution in [-0.4, -0.2) is 48.6 Å². The quantitative estimate of drug-likeness (QED) is 0.900. The van der Waals surface area contributed by atoms with Gasteiger partial charge in [-0.05, 0) is 45.3 Å². The van der Waals surface area contributed by atoms with Gasteiger partial charge >= 0.3 is 0 Å². The summed E-state index contributed by atoms with van der Waals surface area (Å²) in [4.78, 5) is 9.74. The number of pyridine rings is 1. The number of anilines is 1. The predicted octanol–water partition coefficient (Wildman–Crippen LogP) is 2.25. The summed E-state index contributed by atoms with van der Waals surface area (Å²) in [5.41, 5.74) is 1.35. The van der Waals surface area contributed by atoms with E-state index in [2.05, 4.69) is 41.2 Å². The maximum Gasteiger partial charge on any atom is 0.133 e. The van der Waals surface area contributed by atoms with Gasteiger partial charge in [-0.15, -0.1) is 0 Å². The molecule has 1 aromatic heterocycles. The molecule has 1 unspecified atom stereocenters. The topological polar surface area (TPSA) is 31.4 Å². The number of rotatable bonds is 5. The Kier molecular flexibility index (Phi) is 4.76. The lowest BCUT2D eigenvalue weighted by Crippen LogP contribution is -2.41. The van der Waals surface area contributed by atoms with Crippen LogP contribution in [0.4, 0.5) is 5.82 Å². The Morgan fingerprint density at radius 3 is 2.95 bits per heavy atom. The molecular formula is C17H28N4. The van der Waals surface area contributed by atoms with E-state index in [9.17, 15) is 0 Å². The molecular weight excluding hydrogens is 260 g/mol. The Bertz CT molecular complexity index is 458. The lowest BCUT2D eigenvalue weighted by molar-refractivity contribution is 0.327. The minimum Gasteiger partial charge on any atom is -0.352 e. The Morgan fingerprint density at radius 1 is 1.33 bits per heavy atom. The van der Waals surface area contributed by atoms with E-state index in [1.54, 1.807) is 0 Å². The second-order valence-corrected chi connectivity index (χ2v) is 6.51. The molecule has 2 heterocycles. The van der Waals surface area contributed by atoms with Gasteiger partial charge in [-0.3, -0.25) is 0 Å². The van der Waals surface area contributed by atoms with Crippen molar-refractivity contribution < 1.29 is 0 Å². The first-order valence-electron chi connectivity index (χ1n) is 8.40. The molecule has 0 amide bonds. The van der Waals surface area contributed by atoms with Gasteiger partial charge in [0, 0.05) is 43.5 Å². The van der Waals surface area contributed by atoms with Gasteiger partial charge < -0.3 is 15.1 Å². The first-order valence-corrected chi connectivity index (χ1v) is 8.40. The third kappa shape index (κ3) is 3.74. The van der Waals surface area contributed by atoms with E-state index in [1.165, 1.54) is 43.6 Å². The molecule has 1 aliphatic carbocycles. The maximum absolute atomic E-state index is 4.73. The molecule has 0 bridgehead atoms. The van der Waals surface area contributed by atoms with Crippen LogP contribution in [0.15, 0.2) is 18.3 Å². The van der Waals surface area contributed by atoms with E-state index in [0.29, 0.717) is 6.04 Å². The van der Waals surface area contributed by atoms with Crippen molar-refractivity contribution in [2.75, 3.05) is 31.6 Å².